The second kappa shape index (κ2) is 8.37. The quantitative estimate of drug-likeness (QED) is 0.782. The van der Waals surface area contributed by atoms with Crippen molar-refractivity contribution in [3.8, 4) is 0 Å². The highest BCUT2D eigenvalue weighted by atomic mass is 32.1. The van der Waals surface area contributed by atoms with Gasteiger partial charge < -0.3 is 10.1 Å². The molecule has 0 atom stereocenters. The van der Waals surface area contributed by atoms with E-state index in [1.807, 2.05) is 6.20 Å². The van der Waals surface area contributed by atoms with E-state index in [0.29, 0.717) is 28.9 Å². The Labute approximate surface area is 156 Å². The van der Waals surface area contributed by atoms with Crippen molar-refractivity contribution in [2.24, 2.45) is 0 Å². The molecule has 2 aromatic heterocycles. The molecule has 0 unspecified atom stereocenters. The second-order valence-electron chi connectivity index (χ2n) is 6.10. The van der Waals surface area contributed by atoms with Gasteiger partial charge in [-0.05, 0) is 57.8 Å². The van der Waals surface area contributed by atoms with Crippen molar-refractivity contribution in [1.29, 1.82) is 0 Å². The highest BCUT2D eigenvalue weighted by Crippen LogP contribution is 2.31. The van der Waals surface area contributed by atoms with E-state index in [2.05, 4.69) is 20.6 Å². The van der Waals surface area contributed by atoms with E-state index >= 15 is 0 Å². The Kier molecular flexibility index (Phi) is 5.95. The summed E-state index contributed by atoms with van der Waals surface area (Å²) < 4.78 is 4.97. The third-order valence-electron chi connectivity index (χ3n) is 4.30. The summed E-state index contributed by atoms with van der Waals surface area (Å²) in [5.41, 5.74) is 1.07. The standard InChI is InChI=1S/C18H22N4O3S/c1-3-25-17(24)13-4-5-14(21-11(13)2)16(23)22-18-20-10-15(26-18)12-6-8-19-9-7-12/h4-5,10,12,19H,3,6-9H2,1-2H3,(H,20,22,23). The number of hydrogen-bond acceptors (Lipinski definition) is 7. The molecule has 138 valence electrons. The molecule has 2 aromatic rings. The van der Waals surface area contributed by atoms with Crippen LogP contribution in [0.4, 0.5) is 5.13 Å². The van der Waals surface area contributed by atoms with Gasteiger partial charge in [0.2, 0.25) is 0 Å². The van der Waals surface area contributed by atoms with Crippen molar-refractivity contribution in [1.82, 2.24) is 15.3 Å². The van der Waals surface area contributed by atoms with E-state index in [4.69, 9.17) is 4.74 Å². The number of ether oxygens (including phenoxy) is 1. The van der Waals surface area contributed by atoms with E-state index in [1.54, 1.807) is 19.9 Å². The summed E-state index contributed by atoms with van der Waals surface area (Å²) in [6.45, 7) is 5.75. The number of nitrogens with zero attached hydrogens (tertiary/aromatic N) is 2. The zero-order valence-corrected chi connectivity index (χ0v) is 15.7. The minimum Gasteiger partial charge on any atom is -0.462 e. The van der Waals surface area contributed by atoms with Gasteiger partial charge in [-0.3, -0.25) is 10.1 Å². The van der Waals surface area contributed by atoms with Gasteiger partial charge in [-0.1, -0.05) is 0 Å². The van der Waals surface area contributed by atoms with Crippen LogP contribution in [0.15, 0.2) is 18.3 Å². The number of nitrogens with one attached hydrogen (secondary N) is 2. The number of anilines is 1. The van der Waals surface area contributed by atoms with Crippen molar-refractivity contribution in [2.45, 2.75) is 32.6 Å². The summed E-state index contributed by atoms with van der Waals surface area (Å²) in [5.74, 6) is -0.269. The van der Waals surface area contributed by atoms with Gasteiger partial charge in [0.15, 0.2) is 5.13 Å². The molecular weight excluding hydrogens is 352 g/mol. The Balaban J connectivity index is 1.67. The average molecular weight is 374 g/mol. The van der Waals surface area contributed by atoms with Crippen LogP contribution in [0.1, 0.15) is 57.1 Å². The van der Waals surface area contributed by atoms with Crippen LogP contribution in [0.25, 0.3) is 0 Å². The largest absolute Gasteiger partial charge is 0.462 e. The van der Waals surface area contributed by atoms with E-state index < -0.39 is 5.97 Å². The van der Waals surface area contributed by atoms with Crippen LogP contribution in [-0.4, -0.2) is 41.5 Å². The van der Waals surface area contributed by atoms with Gasteiger partial charge in [0.25, 0.3) is 5.91 Å². The van der Waals surface area contributed by atoms with Gasteiger partial charge in [0, 0.05) is 11.1 Å². The summed E-state index contributed by atoms with van der Waals surface area (Å²) in [6.07, 6.45) is 4.02. The number of piperidine rings is 1. The van der Waals surface area contributed by atoms with Gasteiger partial charge in [-0.25, -0.2) is 14.8 Å². The Morgan fingerprint density at radius 1 is 1.35 bits per heavy atom. The van der Waals surface area contributed by atoms with E-state index in [-0.39, 0.29) is 11.6 Å². The molecule has 8 heteroatoms. The number of aromatic nitrogens is 2. The molecule has 0 bridgehead atoms. The van der Waals surface area contributed by atoms with E-state index in [1.165, 1.54) is 22.3 Å². The fraction of sp³-hybridized carbons (Fsp3) is 0.444. The van der Waals surface area contributed by atoms with Gasteiger partial charge in [0.05, 0.1) is 17.9 Å². The van der Waals surface area contributed by atoms with Gasteiger partial charge in [-0.2, -0.15) is 0 Å². The van der Waals surface area contributed by atoms with Crippen molar-refractivity contribution >= 4 is 28.3 Å². The second-order valence-corrected chi connectivity index (χ2v) is 7.16. The number of hydrogen-bond donors (Lipinski definition) is 2. The summed E-state index contributed by atoms with van der Waals surface area (Å²) in [5, 5.41) is 6.70. The maximum atomic E-state index is 12.4. The SMILES string of the molecule is CCOC(=O)c1ccc(C(=O)Nc2ncc(C3CCNCC3)s2)nc1C. The first-order valence-corrected chi connectivity index (χ1v) is 9.52. The van der Waals surface area contributed by atoms with Crippen LogP contribution >= 0.6 is 11.3 Å². The smallest absolute Gasteiger partial charge is 0.339 e. The lowest BCUT2D eigenvalue weighted by Gasteiger charge is -2.20. The maximum absolute atomic E-state index is 12.4. The van der Waals surface area contributed by atoms with Crippen LogP contribution < -0.4 is 10.6 Å². The summed E-state index contributed by atoms with van der Waals surface area (Å²) in [6, 6.07) is 3.09. The molecule has 0 aromatic carbocycles. The molecule has 1 aliphatic rings. The molecule has 0 spiro atoms. The topological polar surface area (TPSA) is 93.2 Å². The third-order valence-corrected chi connectivity index (χ3v) is 5.37. The molecule has 0 aliphatic carbocycles. The lowest BCUT2D eigenvalue weighted by atomic mass is 9.97. The molecule has 0 saturated carbocycles. The Morgan fingerprint density at radius 2 is 2.12 bits per heavy atom. The fourth-order valence-electron chi connectivity index (χ4n) is 2.91. The Bertz CT molecular complexity index is 799. The molecule has 26 heavy (non-hydrogen) atoms. The lowest BCUT2D eigenvalue weighted by molar-refractivity contribution is 0.0524. The van der Waals surface area contributed by atoms with Gasteiger partial charge in [0.1, 0.15) is 5.69 Å². The van der Waals surface area contributed by atoms with E-state index in [9.17, 15) is 9.59 Å². The number of carbonyl (C=O) groups excluding carboxylic acids is 2. The van der Waals surface area contributed by atoms with E-state index in [0.717, 1.165) is 25.9 Å². The third kappa shape index (κ3) is 4.25. The first-order valence-electron chi connectivity index (χ1n) is 8.71. The van der Waals surface area contributed by atoms with Crippen LogP contribution in [0.5, 0.6) is 0 Å². The van der Waals surface area contributed by atoms with Crippen molar-refractivity contribution in [2.75, 3.05) is 25.0 Å². The zero-order valence-electron chi connectivity index (χ0n) is 14.9. The first kappa shape index (κ1) is 18.5. The number of carbonyl (C=O) groups is 2. The highest BCUT2D eigenvalue weighted by molar-refractivity contribution is 7.15. The molecule has 3 heterocycles. The van der Waals surface area contributed by atoms with Crippen LogP contribution in [0.2, 0.25) is 0 Å². The van der Waals surface area contributed by atoms with Crippen molar-refractivity contribution in [3.63, 3.8) is 0 Å². The van der Waals surface area contributed by atoms with Crippen molar-refractivity contribution in [3.05, 3.63) is 40.2 Å². The molecule has 1 amide bonds. The Hall–Kier alpha value is -2.32. The molecule has 2 N–H and O–H groups in total. The molecule has 0 radical (unpaired) electrons. The number of aryl methyl sites for hydroxylation is 1. The minimum atomic E-state index is -0.434. The predicted molar refractivity (Wildman–Crippen MR) is 99.8 cm³/mol. The highest BCUT2D eigenvalue weighted by Gasteiger charge is 2.19. The number of rotatable bonds is 5. The number of esters is 1. The number of pyridine rings is 1. The molecule has 1 aliphatic heterocycles. The van der Waals surface area contributed by atoms with Crippen LogP contribution in [0, 0.1) is 6.92 Å². The molecule has 3 rings (SSSR count). The fourth-order valence-corrected chi connectivity index (χ4v) is 3.89. The predicted octanol–water partition coefficient (Wildman–Crippen LogP) is 2.74. The Morgan fingerprint density at radius 3 is 2.81 bits per heavy atom. The molecule has 1 saturated heterocycles. The molecular formula is C18H22N4O3S. The first-order chi connectivity index (χ1) is 12.6. The van der Waals surface area contributed by atoms with Gasteiger partial charge in [-0.15, -0.1) is 11.3 Å². The zero-order chi connectivity index (χ0) is 18.5. The van der Waals surface area contributed by atoms with Crippen LogP contribution in [-0.2, 0) is 4.74 Å². The lowest BCUT2D eigenvalue weighted by Crippen LogP contribution is -2.26. The minimum absolute atomic E-state index is 0.245. The average Bonchev–Trinajstić information content (AvgIpc) is 3.11. The normalized spacial score (nSPS) is 14.8. The molecule has 1 fully saturated rings. The summed E-state index contributed by atoms with van der Waals surface area (Å²) >= 11 is 1.51. The monoisotopic (exact) mass is 374 g/mol. The summed E-state index contributed by atoms with van der Waals surface area (Å²) in [7, 11) is 0. The summed E-state index contributed by atoms with van der Waals surface area (Å²) in [4.78, 5) is 34.0. The van der Waals surface area contributed by atoms with Crippen molar-refractivity contribution < 1.29 is 14.3 Å². The van der Waals surface area contributed by atoms with Gasteiger partial charge >= 0.3 is 5.97 Å². The molecule has 7 nitrogen and oxygen atoms in total. The number of amides is 1. The van der Waals surface area contributed by atoms with Crippen LogP contribution in [0.3, 0.4) is 0 Å². The maximum Gasteiger partial charge on any atom is 0.339 e. The number of thiazole rings is 1.